The number of hydrogen-bond donors (Lipinski definition) is 3. The number of rotatable bonds is 10. The lowest BCUT2D eigenvalue weighted by Gasteiger charge is -2.31. The highest BCUT2D eigenvalue weighted by Gasteiger charge is 2.29. The van der Waals surface area contributed by atoms with Crippen LogP contribution in [0.5, 0.6) is 5.75 Å². The number of aromatic nitrogens is 3. The van der Waals surface area contributed by atoms with E-state index in [0.29, 0.717) is 72.9 Å². The first-order valence-electron chi connectivity index (χ1n) is 13.0. The summed E-state index contributed by atoms with van der Waals surface area (Å²) in [5, 5.41) is 24.9. The number of fused-ring (bicyclic) bond motifs is 1. The van der Waals surface area contributed by atoms with E-state index in [2.05, 4.69) is 9.88 Å². The monoisotopic (exact) mass is 547 g/mol. The maximum absolute atomic E-state index is 13.5. The smallest absolute Gasteiger partial charge is 0.275 e. The molecule has 208 valence electrons. The van der Waals surface area contributed by atoms with Crippen LogP contribution in [0.15, 0.2) is 27.9 Å². The van der Waals surface area contributed by atoms with Gasteiger partial charge in [0.15, 0.2) is 5.82 Å². The van der Waals surface area contributed by atoms with E-state index < -0.39 is 21.7 Å². The average Bonchev–Trinajstić information content (AvgIpc) is 3.16. The Morgan fingerprint density at radius 2 is 1.89 bits per heavy atom. The van der Waals surface area contributed by atoms with Crippen molar-refractivity contribution in [3.05, 3.63) is 45.4 Å². The molecule has 4 rings (SSSR count). The van der Waals surface area contributed by atoms with Gasteiger partial charge >= 0.3 is 0 Å². The van der Waals surface area contributed by atoms with Crippen LogP contribution >= 0.6 is 0 Å². The number of ether oxygens (including phenoxy) is 1. The summed E-state index contributed by atoms with van der Waals surface area (Å²) >= 11 is 0. The van der Waals surface area contributed by atoms with Crippen molar-refractivity contribution in [3.63, 3.8) is 0 Å². The van der Waals surface area contributed by atoms with Gasteiger partial charge in [-0.25, -0.2) is 12.9 Å². The van der Waals surface area contributed by atoms with Gasteiger partial charge in [-0.1, -0.05) is 13.3 Å². The van der Waals surface area contributed by atoms with Crippen molar-refractivity contribution in [1.82, 2.24) is 23.8 Å². The van der Waals surface area contributed by atoms with E-state index in [1.165, 1.54) is 16.4 Å². The zero-order chi connectivity index (χ0) is 27.6. The molecule has 2 aromatic heterocycles. The molecule has 3 heterocycles. The Morgan fingerprint density at radius 1 is 1.18 bits per heavy atom. The summed E-state index contributed by atoms with van der Waals surface area (Å²) in [5.74, 6) is 0.561. The maximum atomic E-state index is 13.5. The molecule has 0 aliphatic carbocycles. The molecule has 1 aliphatic rings. The summed E-state index contributed by atoms with van der Waals surface area (Å²) in [7, 11) is -1.81. The van der Waals surface area contributed by atoms with Crippen molar-refractivity contribution in [2.24, 2.45) is 0 Å². The molecule has 0 saturated carbocycles. The minimum atomic E-state index is -3.77. The number of aliphatic hydroxyl groups excluding tert-OH is 2. The SMILES string of the molecule is CCCc1c(C(O)CCO)c(C)c2c(=O)[nH]c(-c3cc(S(=O)(=O)N4CCN(C)CC4)ccc3OCC)nn12. The van der Waals surface area contributed by atoms with E-state index in [0.717, 1.165) is 6.42 Å². The number of piperazine rings is 1. The molecule has 3 N–H and O–H groups in total. The Balaban J connectivity index is 1.90. The predicted octanol–water partition coefficient (Wildman–Crippen LogP) is 1.70. The first-order valence-corrected chi connectivity index (χ1v) is 14.5. The number of sulfonamides is 1. The number of aromatic amines is 1. The average molecular weight is 548 g/mol. The van der Waals surface area contributed by atoms with E-state index in [4.69, 9.17) is 9.84 Å². The topological polar surface area (TPSA) is 140 Å². The molecule has 0 bridgehead atoms. The van der Waals surface area contributed by atoms with Crippen molar-refractivity contribution >= 4 is 15.5 Å². The summed E-state index contributed by atoms with van der Waals surface area (Å²) in [6.07, 6.45) is 0.498. The molecule has 1 atom stereocenters. The summed E-state index contributed by atoms with van der Waals surface area (Å²) in [4.78, 5) is 18.3. The second-order valence-corrected chi connectivity index (χ2v) is 11.6. The zero-order valence-corrected chi connectivity index (χ0v) is 23.2. The molecular weight excluding hydrogens is 510 g/mol. The molecular formula is C26H37N5O6S. The third kappa shape index (κ3) is 5.23. The predicted molar refractivity (Wildman–Crippen MR) is 144 cm³/mol. The van der Waals surface area contributed by atoms with Crippen LogP contribution < -0.4 is 10.3 Å². The third-order valence-electron chi connectivity index (χ3n) is 7.01. The van der Waals surface area contributed by atoms with Crippen molar-refractivity contribution in [1.29, 1.82) is 0 Å². The second-order valence-electron chi connectivity index (χ2n) is 9.62. The lowest BCUT2D eigenvalue weighted by atomic mass is 10.0. The van der Waals surface area contributed by atoms with Crippen molar-refractivity contribution in [2.75, 3.05) is 46.4 Å². The normalized spacial score (nSPS) is 16.3. The van der Waals surface area contributed by atoms with E-state index in [1.807, 2.05) is 20.9 Å². The number of aliphatic hydroxyl groups is 2. The molecule has 12 heteroatoms. The summed E-state index contributed by atoms with van der Waals surface area (Å²) < 4.78 is 35.7. The molecule has 38 heavy (non-hydrogen) atoms. The highest BCUT2D eigenvalue weighted by atomic mass is 32.2. The van der Waals surface area contributed by atoms with Crippen LogP contribution in [0, 0.1) is 6.92 Å². The van der Waals surface area contributed by atoms with Gasteiger partial charge in [-0.3, -0.25) is 4.79 Å². The van der Waals surface area contributed by atoms with Gasteiger partial charge in [0.1, 0.15) is 11.3 Å². The Morgan fingerprint density at radius 3 is 2.53 bits per heavy atom. The molecule has 1 unspecified atom stereocenters. The lowest BCUT2D eigenvalue weighted by Crippen LogP contribution is -2.47. The fourth-order valence-electron chi connectivity index (χ4n) is 5.04. The lowest BCUT2D eigenvalue weighted by molar-refractivity contribution is 0.133. The molecule has 1 aliphatic heterocycles. The Bertz CT molecular complexity index is 1460. The van der Waals surface area contributed by atoms with Gasteiger partial charge in [0, 0.05) is 50.5 Å². The Kier molecular flexibility index (Phi) is 8.58. The largest absolute Gasteiger partial charge is 0.493 e. The van der Waals surface area contributed by atoms with E-state index in [9.17, 15) is 23.4 Å². The molecule has 0 amide bonds. The molecule has 0 radical (unpaired) electrons. The van der Waals surface area contributed by atoms with Crippen molar-refractivity contribution < 1.29 is 23.4 Å². The fourth-order valence-corrected chi connectivity index (χ4v) is 6.49. The standard InChI is InChI=1S/C26H37N5O6S/c1-5-7-20-23(21(33)10-15-32)17(3)24-26(34)27-25(28-31(20)24)19-16-18(8-9-22(19)37-6-2)38(35,36)30-13-11-29(4)12-14-30/h8-9,16,21,32-33H,5-7,10-15H2,1-4H3,(H,27,28,34). The Hall–Kier alpha value is -2.77. The zero-order valence-electron chi connectivity index (χ0n) is 22.4. The third-order valence-corrected chi connectivity index (χ3v) is 8.91. The van der Waals surface area contributed by atoms with Crippen LogP contribution in [0.2, 0.25) is 0 Å². The van der Waals surface area contributed by atoms with Gasteiger partial charge in [0.2, 0.25) is 10.0 Å². The number of nitrogens with zero attached hydrogens (tertiary/aromatic N) is 4. The van der Waals surface area contributed by atoms with Gasteiger partial charge in [0.25, 0.3) is 5.56 Å². The molecule has 3 aromatic rings. The van der Waals surface area contributed by atoms with E-state index in [1.54, 1.807) is 17.5 Å². The number of H-pyrrole nitrogens is 1. The maximum Gasteiger partial charge on any atom is 0.275 e. The van der Waals surface area contributed by atoms with Crippen LogP contribution in [-0.4, -0.2) is 88.9 Å². The van der Waals surface area contributed by atoms with Gasteiger partial charge in [-0.15, -0.1) is 5.10 Å². The number of nitrogens with one attached hydrogen (secondary N) is 1. The highest BCUT2D eigenvalue weighted by Crippen LogP contribution is 2.33. The summed E-state index contributed by atoms with van der Waals surface area (Å²) in [6, 6.07) is 4.61. The first kappa shape index (κ1) is 28.2. The van der Waals surface area contributed by atoms with Gasteiger partial charge in [0.05, 0.1) is 23.2 Å². The number of benzene rings is 1. The molecule has 1 fully saturated rings. The number of likely N-dealkylation sites (N-methyl/N-ethyl adjacent to an activating group) is 1. The van der Waals surface area contributed by atoms with Crippen LogP contribution in [0.25, 0.3) is 16.9 Å². The van der Waals surface area contributed by atoms with Crippen LogP contribution in [0.1, 0.15) is 49.6 Å². The minimum Gasteiger partial charge on any atom is -0.493 e. The molecule has 11 nitrogen and oxygen atoms in total. The van der Waals surface area contributed by atoms with Gasteiger partial charge in [-0.05, 0) is 51.1 Å². The van der Waals surface area contributed by atoms with Crippen LogP contribution in [-0.2, 0) is 16.4 Å². The van der Waals surface area contributed by atoms with E-state index in [-0.39, 0.29) is 23.7 Å². The quantitative estimate of drug-likeness (QED) is 0.348. The van der Waals surface area contributed by atoms with Crippen LogP contribution in [0.3, 0.4) is 0 Å². The van der Waals surface area contributed by atoms with Crippen molar-refractivity contribution in [2.45, 2.75) is 51.0 Å². The summed E-state index contributed by atoms with van der Waals surface area (Å²) in [6.45, 7) is 7.79. The number of aryl methyl sites for hydroxylation is 2. The molecule has 0 spiro atoms. The molecule has 1 saturated heterocycles. The second kappa shape index (κ2) is 11.5. The van der Waals surface area contributed by atoms with Crippen LogP contribution in [0.4, 0.5) is 0 Å². The van der Waals surface area contributed by atoms with Gasteiger partial charge < -0.3 is 24.8 Å². The van der Waals surface area contributed by atoms with Crippen molar-refractivity contribution in [3.8, 4) is 17.1 Å². The first-order chi connectivity index (χ1) is 18.1. The Labute approximate surface area is 222 Å². The minimum absolute atomic E-state index is 0.0970. The van der Waals surface area contributed by atoms with E-state index >= 15 is 0 Å². The fraction of sp³-hybridized carbons (Fsp3) is 0.538. The summed E-state index contributed by atoms with van der Waals surface area (Å²) in [5.41, 5.74) is 2.13. The number of hydrogen-bond acceptors (Lipinski definition) is 8. The van der Waals surface area contributed by atoms with Gasteiger partial charge in [-0.2, -0.15) is 4.31 Å². The highest BCUT2D eigenvalue weighted by molar-refractivity contribution is 7.89. The molecule has 1 aromatic carbocycles.